The van der Waals surface area contributed by atoms with Crippen molar-refractivity contribution in [2.75, 3.05) is 28.4 Å². The molecule has 0 amide bonds. The summed E-state index contributed by atoms with van der Waals surface area (Å²) in [6.45, 7) is 7.21. The van der Waals surface area contributed by atoms with Gasteiger partial charge in [-0.1, -0.05) is 0 Å². The van der Waals surface area contributed by atoms with Crippen molar-refractivity contribution >= 4 is 23.1 Å². The molecule has 10 nitrogen and oxygen atoms in total. The molecule has 0 N–H and O–H groups in total. The summed E-state index contributed by atoms with van der Waals surface area (Å²) in [5, 5.41) is 0. The lowest BCUT2D eigenvalue weighted by Gasteiger charge is -2.34. The van der Waals surface area contributed by atoms with E-state index < -0.39 is 23.8 Å². The summed E-state index contributed by atoms with van der Waals surface area (Å²) in [5.74, 6) is -0.923. The van der Waals surface area contributed by atoms with Crippen LogP contribution in [0, 0.1) is 0 Å². The van der Waals surface area contributed by atoms with Crippen molar-refractivity contribution in [3.05, 3.63) is 56.7 Å². The summed E-state index contributed by atoms with van der Waals surface area (Å²) in [4.78, 5) is 56.0. The molecule has 0 aromatic heterocycles. The van der Waals surface area contributed by atoms with Crippen molar-refractivity contribution in [2.45, 2.75) is 65.0 Å². The highest BCUT2D eigenvalue weighted by molar-refractivity contribution is 6.31. The van der Waals surface area contributed by atoms with E-state index in [1.807, 2.05) is 13.8 Å². The number of hydrogen-bond donors (Lipinski definition) is 0. The summed E-state index contributed by atoms with van der Waals surface area (Å²) >= 11 is 0. The third-order valence-corrected chi connectivity index (χ3v) is 8.89. The molecule has 2 aromatic carbocycles. The van der Waals surface area contributed by atoms with Gasteiger partial charge in [-0.05, 0) is 39.8 Å². The van der Waals surface area contributed by atoms with Crippen LogP contribution < -0.4 is 18.9 Å². The van der Waals surface area contributed by atoms with E-state index in [1.54, 1.807) is 13.8 Å². The number of methoxy groups -OCH3 is 4. The van der Waals surface area contributed by atoms with Crippen molar-refractivity contribution in [3.63, 3.8) is 0 Å². The van der Waals surface area contributed by atoms with Crippen LogP contribution in [-0.4, -0.2) is 76.0 Å². The molecule has 2 aromatic rings. The number of Topliss-reactive ketones (excluding diaryl/α,β-unsaturated/α-hetero) is 4. The Morgan fingerprint density at radius 3 is 1.23 bits per heavy atom. The Bertz CT molecular complexity index is 1620. The lowest BCUT2D eigenvalue weighted by atomic mass is 9.75. The monoisotopic (exact) mass is 602 g/mol. The van der Waals surface area contributed by atoms with Crippen LogP contribution in [0.1, 0.15) is 82.0 Å². The Kier molecular flexibility index (Phi) is 7.25. The van der Waals surface area contributed by atoms with Crippen LogP contribution in [0.3, 0.4) is 0 Å². The zero-order valence-electron chi connectivity index (χ0n) is 26.0. The molecule has 0 spiro atoms. The molecule has 2 aliphatic carbocycles. The largest absolute Gasteiger partial charge is 0.496 e. The molecule has 10 heteroatoms. The molecule has 0 bridgehead atoms. The van der Waals surface area contributed by atoms with Gasteiger partial charge in [-0.2, -0.15) is 0 Å². The maximum atomic E-state index is 14.1. The normalized spacial score (nSPS) is 24.5. The smallest absolute Gasteiger partial charge is 0.196 e. The van der Waals surface area contributed by atoms with E-state index >= 15 is 0 Å². The molecule has 2 heterocycles. The number of ether oxygens (including phenoxy) is 6. The average molecular weight is 603 g/mol. The topological polar surface area (TPSA) is 124 Å². The summed E-state index contributed by atoms with van der Waals surface area (Å²) < 4.78 is 35.2. The van der Waals surface area contributed by atoms with E-state index in [4.69, 9.17) is 28.4 Å². The molecular weight excluding hydrogens is 568 g/mol. The Hall–Kier alpha value is -4.28. The Labute approximate surface area is 254 Å². The molecular formula is C34H34O10. The first-order chi connectivity index (χ1) is 21.0. The Morgan fingerprint density at radius 1 is 0.545 bits per heavy atom. The average Bonchev–Trinajstić information content (AvgIpc) is 2.99. The van der Waals surface area contributed by atoms with Crippen LogP contribution in [0.5, 0.6) is 23.0 Å². The number of benzene rings is 2. The van der Waals surface area contributed by atoms with Gasteiger partial charge >= 0.3 is 0 Å². The van der Waals surface area contributed by atoms with Gasteiger partial charge in [0.05, 0.1) is 75.1 Å². The number of fused-ring (bicyclic) bond motifs is 2. The first-order valence-electron chi connectivity index (χ1n) is 14.5. The zero-order valence-corrected chi connectivity index (χ0v) is 26.0. The van der Waals surface area contributed by atoms with Crippen LogP contribution >= 0.6 is 0 Å². The summed E-state index contributed by atoms with van der Waals surface area (Å²) in [6.07, 6.45) is -1.06. The van der Waals surface area contributed by atoms with Gasteiger partial charge in [-0.15, -0.1) is 0 Å². The molecule has 0 radical (unpaired) electrons. The highest BCUT2D eigenvalue weighted by Crippen LogP contribution is 2.55. The number of rotatable bonds is 5. The second kappa shape index (κ2) is 10.7. The molecule has 230 valence electrons. The minimum atomic E-state index is -0.602. The fourth-order valence-electron chi connectivity index (χ4n) is 7.16. The van der Waals surface area contributed by atoms with Crippen molar-refractivity contribution in [2.24, 2.45) is 0 Å². The van der Waals surface area contributed by atoms with Gasteiger partial charge in [-0.25, -0.2) is 0 Å². The number of hydrogen-bond acceptors (Lipinski definition) is 10. The van der Waals surface area contributed by atoms with Gasteiger partial charge in [0.2, 0.25) is 0 Å². The zero-order chi connectivity index (χ0) is 31.8. The Morgan fingerprint density at radius 2 is 0.909 bits per heavy atom. The molecule has 6 rings (SSSR count). The molecule has 4 atom stereocenters. The first kappa shape index (κ1) is 29.8. The van der Waals surface area contributed by atoms with Crippen LogP contribution in [0.15, 0.2) is 34.4 Å². The van der Waals surface area contributed by atoms with Gasteiger partial charge in [0.25, 0.3) is 0 Å². The predicted molar refractivity (Wildman–Crippen MR) is 159 cm³/mol. The predicted octanol–water partition coefficient (Wildman–Crippen LogP) is 5.13. The van der Waals surface area contributed by atoms with Gasteiger partial charge in [0, 0.05) is 46.3 Å². The standard InChI is InChI=1S/C34H34O10/c1-13-9-17-23(15(3)43-13)31(37)25-19(29(17)35)11-21(39-5)27(33(25)41-7)28-22(40-6)12-20-26(34(28)42-8)32(38)24-16(4)44-14(2)10-18(24)30(20)36/h11-16H,9-10H2,1-8H3/t13-,14-,15+,16+/m0/s1. The minimum absolute atomic E-state index is 0.0457. The molecule has 0 fully saturated rings. The highest BCUT2D eigenvalue weighted by Gasteiger charge is 2.45. The maximum absolute atomic E-state index is 14.1. The molecule has 44 heavy (non-hydrogen) atoms. The summed E-state index contributed by atoms with van der Waals surface area (Å²) in [7, 11) is 5.62. The molecule has 2 aliphatic heterocycles. The fraction of sp³-hybridized carbons (Fsp3) is 0.412. The van der Waals surface area contributed by atoms with E-state index in [0.29, 0.717) is 35.1 Å². The van der Waals surface area contributed by atoms with Crippen molar-refractivity contribution in [1.82, 2.24) is 0 Å². The summed E-state index contributed by atoms with van der Waals surface area (Å²) in [5.41, 5.74) is 2.27. The first-order valence-corrected chi connectivity index (χ1v) is 14.5. The van der Waals surface area contributed by atoms with Gasteiger partial charge in [0.1, 0.15) is 23.0 Å². The molecule has 0 saturated heterocycles. The lowest BCUT2D eigenvalue weighted by Crippen LogP contribution is -2.37. The fourth-order valence-corrected chi connectivity index (χ4v) is 7.16. The van der Waals surface area contributed by atoms with Gasteiger partial charge in [-0.3, -0.25) is 19.2 Å². The summed E-state index contributed by atoms with van der Waals surface area (Å²) in [6, 6.07) is 3.01. The molecule has 4 aliphatic rings. The highest BCUT2D eigenvalue weighted by atomic mass is 16.5. The number of carbonyl (C=O) groups excluding carboxylic acids is 4. The van der Waals surface area contributed by atoms with Gasteiger partial charge < -0.3 is 28.4 Å². The lowest BCUT2D eigenvalue weighted by molar-refractivity contribution is 0.0145. The minimum Gasteiger partial charge on any atom is -0.496 e. The van der Waals surface area contributed by atoms with Crippen molar-refractivity contribution < 1.29 is 47.6 Å². The number of ketones is 4. The van der Waals surface area contributed by atoms with Crippen LogP contribution in [0.4, 0.5) is 0 Å². The van der Waals surface area contributed by atoms with Crippen molar-refractivity contribution in [1.29, 1.82) is 0 Å². The molecule has 0 unspecified atom stereocenters. The van der Waals surface area contributed by atoms with E-state index in [0.717, 1.165) is 0 Å². The van der Waals surface area contributed by atoms with Crippen LogP contribution in [0.25, 0.3) is 11.1 Å². The third kappa shape index (κ3) is 4.07. The second-order valence-corrected chi connectivity index (χ2v) is 11.5. The Balaban J connectivity index is 1.66. The van der Waals surface area contributed by atoms with E-state index in [1.165, 1.54) is 40.6 Å². The van der Waals surface area contributed by atoms with Crippen molar-refractivity contribution in [3.8, 4) is 34.1 Å². The van der Waals surface area contributed by atoms with Gasteiger partial charge in [0.15, 0.2) is 23.1 Å². The van der Waals surface area contributed by atoms with E-state index in [2.05, 4.69) is 0 Å². The number of carbonyl (C=O) groups is 4. The molecule has 0 saturated carbocycles. The van der Waals surface area contributed by atoms with Crippen LogP contribution in [-0.2, 0) is 9.47 Å². The van der Waals surface area contributed by atoms with E-state index in [-0.39, 0.29) is 80.2 Å². The SMILES string of the molecule is COc1cc2c(c(OC)c1-c1c(OC)cc3c(c1OC)C(=O)C1=C(C[C@H](C)O[C@@H]1C)C3=O)C(=O)C1=C(C[C@H](C)O[C@@H]1C)C2=O. The second-order valence-electron chi connectivity index (χ2n) is 11.5. The quantitative estimate of drug-likeness (QED) is 0.455. The van der Waals surface area contributed by atoms with E-state index in [9.17, 15) is 19.2 Å². The third-order valence-electron chi connectivity index (χ3n) is 8.89. The van der Waals surface area contributed by atoms with Crippen LogP contribution in [0.2, 0.25) is 0 Å². The maximum Gasteiger partial charge on any atom is 0.196 e.